The number of nitrogens with one attached hydrogen (secondary N) is 1. The van der Waals surface area contributed by atoms with Gasteiger partial charge >= 0.3 is 0 Å². The van der Waals surface area contributed by atoms with Crippen molar-refractivity contribution in [2.45, 2.75) is 38.8 Å². The fourth-order valence-corrected chi connectivity index (χ4v) is 3.53. The standard InChI is InChI=1S/C21H23NO4/c1-13-4-6-17-15(10-13)16(12-21(2,3)26-17)22-20(23)14-5-7-18-19(11-14)25-9-8-24-18/h4-7,10-11,16H,8-9,12H2,1-3H3,(H,22,23)/t16-/m0/s1. The van der Waals surface area contributed by atoms with Crippen molar-refractivity contribution in [2.24, 2.45) is 0 Å². The summed E-state index contributed by atoms with van der Waals surface area (Å²) >= 11 is 0. The van der Waals surface area contributed by atoms with E-state index in [2.05, 4.69) is 11.4 Å². The molecule has 5 heteroatoms. The van der Waals surface area contributed by atoms with E-state index < -0.39 is 0 Å². The predicted molar refractivity (Wildman–Crippen MR) is 98.1 cm³/mol. The largest absolute Gasteiger partial charge is 0.487 e. The number of benzene rings is 2. The van der Waals surface area contributed by atoms with Gasteiger partial charge in [-0.1, -0.05) is 17.7 Å². The molecule has 0 spiro atoms. The summed E-state index contributed by atoms with van der Waals surface area (Å²) in [5, 5.41) is 3.17. The highest BCUT2D eigenvalue weighted by Crippen LogP contribution is 2.40. The van der Waals surface area contributed by atoms with E-state index in [1.807, 2.05) is 32.9 Å². The zero-order valence-electron chi connectivity index (χ0n) is 15.3. The zero-order valence-corrected chi connectivity index (χ0v) is 15.3. The average Bonchev–Trinajstić information content (AvgIpc) is 2.61. The van der Waals surface area contributed by atoms with Gasteiger partial charge in [0.1, 0.15) is 24.6 Å². The van der Waals surface area contributed by atoms with Crippen molar-refractivity contribution >= 4 is 5.91 Å². The van der Waals surface area contributed by atoms with Crippen LogP contribution in [0.1, 0.15) is 47.8 Å². The lowest BCUT2D eigenvalue weighted by molar-refractivity contribution is 0.0619. The van der Waals surface area contributed by atoms with E-state index in [-0.39, 0.29) is 17.6 Å². The highest BCUT2D eigenvalue weighted by Gasteiger charge is 2.34. The minimum atomic E-state index is -0.340. The molecule has 0 radical (unpaired) electrons. The van der Waals surface area contributed by atoms with Crippen molar-refractivity contribution in [3.8, 4) is 17.2 Å². The molecule has 0 saturated heterocycles. The van der Waals surface area contributed by atoms with Gasteiger partial charge < -0.3 is 19.5 Å². The quantitative estimate of drug-likeness (QED) is 0.892. The van der Waals surface area contributed by atoms with Crippen LogP contribution in [0.15, 0.2) is 36.4 Å². The summed E-state index contributed by atoms with van der Waals surface area (Å²) in [6, 6.07) is 11.3. The van der Waals surface area contributed by atoms with Crippen molar-refractivity contribution < 1.29 is 19.0 Å². The van der Waals surface area contributed by atoms with Crippen molar-refractivity contribution in [3.05, 3.63) is 53.1 Å². The van der Waals surface area contributed by atoms with Crippen LogP contribution >= 0.6 is 0 Å². The second kappa shape index (κ2) is 6.24. The highest BCUT2D eigenvalue weighted by atomic mass is 16.6. The molecule has 1 N–H and O–H groups in total. The maximum atomic E-state index is 12.9. The number of rotatable bonds is 2. The molecular weight excluding hydrogens is 330 g/mol. The van der Waals surface area contributed by atoms with E-state index in [1.54, 1.807) is 18.2 Å². The SMILES string of the molecule is Cc1ccc2c(c1)[C@@H](NC(=O)c1ccc3c(c1)OCCO3)CC(C)(C)O2. The second-order valence-electron chi connectivity index (χ2n) is 7.49. The first-order valence-electron chi connectivity index (χ1n) is 8.91. The molecule has 0 aromatic heterocycles. The minimum Gasteiger partial charge on any atom is -0.487 e. The molecule has 0 fully saturated rings. The summed E-state index contributed by atoms with van der Waals surface area (Å²) in [4.78, 5) is 12.9. The Morgan fingerprint density at radius 3 is 2.58 bits per heavy atom. The molecule has 136 valence electrons. The Labute approximate surface area is 153 Å². The van der Waals surface area contributed by atoms with E-state index in [9.17, 15) is 4.79 Å². The monoisotopic (exact) mass is 353 g/mol. The fourth-order valence-electron chi connectivity index (χ4n) is 3.53. The lowest BCUT2D eigenvalue weighted by Crippen LogP contribution is -2.41. The van der Waals surface area contributed by atoms with Gasteiger partial charge in [-0.3, -0.25) is 4.79 Å². The number of carbonyl (C=O) groups excluding carboxylic acids is 1. The van der Waals surface area contributed by atoms with Crippen LogP contribution in [0.3, 0.4) is 0 Å². The van der Waals surface area contributed by atoms with E-state index in [4.69, 9.17) is 14.2 Å². The van der Waals surface area contributed by atoms with Crippen molar-refractivity contribution in [3.63, 3.8) is 0 Å². The zero-order chi connectivity index (χ0) is 18.3. The summed E-state index contributed by atoms with van der Waals surface area (Å²) < 4.78 is 17.2. The van der Waals surface area contributed by atoms with Crippen LogP contribution in [0.25, 0.3) is 0 Å². The molecular formula is C21H23NO4. The third-order valence-electron chi connectivity index (χ3n) is 4.73. The summed E-state index contributed by atoms with van der Waals surface area (Å²) in [7, 11) is 0. The lowest BCUT2D eigenvalue weighted by atomic mass is 9.88. The van der Waals surface area contributed by atoms with Gasteiger partial charge in [-0.25, -0.2) is 0 Å². The van der Waals surface area contributed by atoms with Crippen LogP contribution in [-0.2, 0) is 0 Å². The molecule has 2 heterocycles. The highest BCUT2D eigenvalue weighted by molar-refractivity contribution is 5.95. The maximum absolute atomic E-state index is 12.9. The molecule has 1 amide bonds. The maximum Gasteiger partial charge on any atom is 0.251 e. The van der Waals surface area contributed by atoms with E-state index in [0.717, 1.165) is 16.9 Å². The van der Waals surface area contributed by atoms with Gasteiger partial charge in [0.2, 0.25) is 0 Å². The third kappa shape index (κ3) is 3.21. The van der Waals surface area contributed by atoms with Gasteiger partial charge in [0.05, 0.1) is 6.04 Å². The minimum absolute atomic E-state index is 0.102. The Morgan fingerprint density at radius 2 is 1.77 bits per heavy atom. The Hall–Kier alpha value is -2.69. The van der Waals surface area contributed by atoms with Crippen LogP contribution in [0, 0.1) is 6.92 Å². The molecule has 26 heavy (non-hydrogen) atoms. The molecule has 0 bridgehead atoms. The number of carbonyl (C=O) groups is 1. The first-order valence-corrected chi connectivity index (χ1v) is 8.91. The van der Waals surface area contributed by atoms with E-state index in [0.29, 0.717) is 36.7 Å². The van der Waals surface area contributed by atoms with Crippen molar-refractivity contribution in [1.82, 2.24) is 5.32 Å². The smallest absolute Gasteiger partial charge is 0.251 e. The number of fused-ring (bicyclic) bond motifs is 2. The lowest BCUT2D eigenvalue weighted by Gasteiger charge is -2.38. The van der Waals surface area contributed by atoms with Crippen molar-refractivity contribution in [1.29, 1.82) is 0 Å². The van der Waals surface area contributed by atoms with Gasteiger partial charge in [-0.2, -0.15) is 0 Å². The molecule has 2 aliphatic heterocycles. The van der Waals surface area contributed by atoms with Gasteiger partial charge in [0.25, 0.3) is 5.91 Å². The first kappa shape index (κ1) is 16.8. The molecule has 0 aliphatic carbocycles. The Kier molecular flexibility index (Phi) is 4.02. The van der Waals surface area contributed by atoms with Gasteiger partial charge in [0, 0.05) is 17.5 Å². The Balaban J connectivity index is 1.60. The summed E-state index contributed by atoms with van der Waals surface area (Å²) in [5.74, 6) is 2.00. The first-order chi connectivity index (χ1) is 12.4. The fraction of sp³-hybridized carbons (Fsp3) is 0.381. The summed E-state index contributed by atoms with van der Waals surface area (Å²) in [6.07, 6.45) is 0.708. The molecule has 2 aromatic carbocycles. The van der Waals surface area contributed by atoms with E-state index in [1.165, 1.54) is 0 Å². The summed E-state index contributed by atoms with van der Waals surface area (Å²) in [6.45, 7) is 7.16. The van der Waals surface area contributed by atoms with Gasteiger partial charge in [-0.05, 0) is 45.0 Å². The summed E-state index contributed by atoms with van der Waals surface area (Å²) in [5.41, 5.74) is 2.39. The molecule has 5 nitrogen and oxygen atoms in total. The molecule has 2 aliphatic rings. The number of hydrogen-bond acceptors (Lipinski definition) is 4. The Bertz CT molecular complexity index is 859. The molecule has 0 unspecified atom stereocenters. The van der Waals surface area contributed by atoms with Crippen LogP contribution in [0.4, 0.5) is 0 Å². The van der Waals surface area contributed by atoms with Crippen LogP contribution in [0.5, 0.6) is 17.2 Å². The average molecular weight is 353 g/mol. The number of hydrogen-bond donors (Lipinski definition) is 1. The molecule has 1 atom stereocenters. The topological polar surface area (TPSA) is 56.8 Å². The van der Waals surface area contributed by atoms with E-state index >= 15 is 0 Å². The van der Waals surface area contributed by atoms with Gasteiger partial charge in [-0.15, -0.1) is 0 Å². The Morgan fingerprint density at radius 1 is 1.04 bits per heavy atom. The molecule has 2 aromatic rings. The third-order valence-corrected chi connectivity index (χ3v) is 4.73. The van der Waals surface area contributed by atoms with Crippen LogP contribution < -0.4 is 19.5 Å². The second-order valence-corrected chi connectivity index (χ2v) is 7.49. The van der Waals surface area contributed by atoms with Crippen LogP contribution in [0.2, 0.25) is 0 Å². The number of aryl methyl sites for hydroxylation is 1. The predicted octanol–water partition coefficient (Wildman–Crippen LogP) is 3.80. The van der Waals surface area contributed by atoms with Crippen LogP contribution in [-0.4, -0.2) is 24.7 Å². The van der Waals surface area contributed by atoms with Crippen molar-refractivity contribution in [2.75, 3.05) is 13.2 Å². The normalized spacial score (nSPS) is 19.9. The number of ether oxygens (including phenoxy) is 3. The molecule has 4 rings (SSSR count). The molecule has 0 saturated carbocycles. The van der Waals surface area contributed by atoms with Gasteiger partial charge in [0.15, 0.2) is 11.5 Å². The number of amides is 1.